The van der Waals surface area contributed by atoms with E-state index in [1.165, 1.54) is 0 Å². The minimum Gasteiger partial charge on any atom is -0.444 e. The molecule has 0 aliphatic carbocycles. The van der Waals surface area contributed by atoms with E-state index < -0.39 is 29.6 Å². The molecule has 1 rings (SSSR count). The van der Waals surface area contributed by atoms with Gasteiger partial charge in [0.15, 0.2) is 5.82 Å². The predicted molar refractivity (Wildman–Crippen MR) is 62.9 cm³/mol. The minimum atomic E-state index is -4.91. The highest BCUT2D eigenvalue weighted by atomic mass is 19.4. The summed E-state index contributed by atoms with van der Waals surface area (Å²) >= 11 is 0. The summed E-state index contributed by atoms with van der Waals surface area (Å²) in [4.78, 5) is 11.4. The molecule has 0 atom stereocenters. The van der Waals surface area contributed by atoms with Gasteiger partial charge in [0, 0.05) is 6.07 Å². The van der Waals surface area contributed by atoms with Crippen molar-refractivity contribution in [1.29, 1.82) is 0 Å². The Bertz CT molecular complexity index is 494. The molecule has 1 aromatic carbocycles. The predicted octanol–water partition coefficient (Wildman–Crippen LogP) is 4.07. The molecule has 0 spiro atoms. The van der Waals surface area contributed by atoms with Gasteiger partial charge >= 0.3 is 12.5 Å². The summed E-state index contributed by atoms with van der Waals surface area (Å²) in [6.07, 6.45) is -5.83. The molecule has 8 heteroatoms. The van der Waals surface area contributed by atoms with E-state index in [0.29, 0.717) is 6.07 Å². The van der Waals surface area contributed by atoms with E-state index in [9.17, 15) is 22.4 Å². The van der Waals surface area contributed by atoms with Gasteiger partial charge in [-0.3, -0.25) is 5.32 Å². The quantitative estimate of drug-likeness (QED) is 0.837. The summed E-state index contributed by atoms with van der Waals surface area (Å²) in [6.45, 7) is 4.84. The first kappa shape index (κ1) is 16.1. The van der Waals surface area contributed by atoms with Gasteiger partial charge in [0.05, 0.1) is 5.69 Å². The second kappa shape index (κ2) is 5.56. The van der Waals surface area contributed by atoms with Crippen molar-refractivity contribution in [3.05, 3.63) is 24.0 Å². The molecule has 0 saturated carbocycles. The van der Waals surface area contributed by atoms with E-state index >= 15 is 0 Å². The Morgan fingerprint density at radius 3 is 2.25 bits per heavy atom. The molecule has 0 bridgehead atoms. The number of ether oxygens (including phenoxy) is 2. The Labute approximate surface area is 112 Å². The molecule has 0 fully saturated rings. The van der Waals surface area contributed by atoms with Gasteiger partial charge in [-0.15, -0.1) is 13.2 Å². The fraction of sp³-hybridized carbons (Fsp3) is 0.417. The van der Waals surface area contributed by atoms with E-state index in [1.54, 1.807) is 20.8 Å². The maximum Gasteiger partial charge on any atom is 0.573 e. The zero-order chi connectivity index (χ0) is 15.6. The molecule has 0 aliphatic rings. The zero-order valence-corrected chi connectivity index (χ0v) is 11.0. The van der Waals surface area contributed by atoms with Crippen LogP contribution in [0.15, 0.2) is 18.2 Å². The molecule has 0 radical (unpaired) electrons. The second-order valence-corrected chi connectivity index (χ2v) is 4.82. The van der Waals surface area contributed by atoms with Crippen LogP contribution in [0.25, 0.3) is 0 Å². The summed E-state index contributed by atoms with van der Waals surface area (Å²) in [5.41, 5.74) is -1.09. The number of carbonyl (C=O) groups excluding carboxylic acids is 1. The molecule has 0 heterocycles. The largest absolute Gasteiger partial charge is 0.573 e. The summed E-state index contributed by atoms with van der Waals surface area (Å²) in [7, 11) is 0. The Hall–Kier alpha value is -1.99. The van der Waals surface area contributed by atoms with Crippen molar-refractivity contribution in [2.45, 2.75) is 32.7 Å². The van der Waals surface area contributed by atoms with Gasteiger partial charge in [0.1, 0.15) is 11.4 Å². The number of benzene rings is 1. The van der Waals surface area contributed by atoms with Gasteiger partial charge in [-0.05, 0) is 32.9 Å². The van der Waals surface area contributed by atoms with Crippen molar-refractivity contribution in [3.63, 3.8) is 0 Å². The van der Waals surface area contributed by atoms with Crippen LogP contribution in [0.3, 0.4) is 0 Å². The van der Waals surface area contributed by atoms with E-state index in [-0.39, 0.29) is 5.69 Å². The van der Waals surface area contributed by atoms with Crippen molar-refractivity contribution < 1.29 is 31.8 Å². The second-order valence-electron chi connectivity index (χ2n) is 4.82. The van der Waals surface area contributed by atoms with Crippen LogP contribution in [0, 0.1) is 5.82 Å². The summed E-state index contributed by atoms with van der Waals surface area (Å²) in [5, 5.41) is 2.08. The Morgan fingerprint density at radius 2 is 1.80 bits per heavy atom. The number of hydrogen-bond acceptors (Lipinski definition) is 3. The van der Waals surface area contributed by atoms with Crippen LogP contribution in [0.2, 0.25) is 0 Å². The van der Waals surface area contributed by atoms with Gasteiger partial charge in [-0.1, -0.05) is 0 Å². The third-order valence-corrected chi connectivity index (χ3v) is 1.81. The lowest BCUT2D eigenvalue weighted by molar-refractivity contribution is -0.274. The molecule has 0 aliphatic heterocycles. The molecular formula is C12H13F4NO3. The Morgan fingerprint density at radius 1 is 1.20 bits per heavy atom. The first-order valence-corrected chi connectivity index (χ1v) is 5.51. The molecule has 20 heavy (non-hydrogen) atoms. The lowest BCUT2D eigenvalue weighted by Crippen LogP contribution is -2.27. The van der Waals surface area contributed by atoms with Crippen molar-refractivity contribution in [1.82, 2.24) is 0 Å². The topological polar surface area (TPSA) is 47.6 Å². The standard InChI is InChI=1S/C12H13F4NO3/c1-11(2,3)20-10(18)17-9-5-4-7(6-8(9)13)19-12(14,15)16/h4-6H,1-3H3,(H,17,18). The van der Waals surface area contributed by atoms with E-state index in [2.05, 4.69) is 10.1 Å². The summed E-state index contributed by atoms with van der Waals surface area (Å²) < 4.78 is 57.7. The summed E-state index contributed by atoms with van der Waals surface area (Å²) in [6, 6.07) is 2.34. The number of rotatable bonds is 2. The number of carbonyl (C=O) groups is 1. The molecule has 1 N–H and O–H groups in total. The average molecular weight is 295 g/mol. The fourth-order valence-electron chi connectivity index (χ4n) is 1.21. The molecule has 1 amide bonds. The van der Waals surface area contributed by atoms with E-state index in [0.717, 1.165) is 12.1 Å². The highest BCUT2D eigenvalue weighted by molar-refractivity contribution is 5.85. The number of nitrogens with one attached hydrogen (secondary N) is 1. The van der Waals surface area contributed by atoms with E-state index in [4.69, 9.17) is 4.74 Å². The monoisotopic (exact) mass is 295 g/mol. The van der Waals surface area contributed by atoms with Crippen molar-refractivity contribution >= 4 is 11.8 Å². The normalized spacial score (nSPS) is 11.9. The Kier molecular flexibility index (Phi) is 4.46. The molecular weight excluding hydrogens is 282 g/mol. The maximum absolute atomic E-state index is 13.5. The SMILES string of the molecule is CC(C)(C)OC(=O)Nc1ccc(OC(F)(F)F)cc1F. The van der Waals surface area contributed by atoms with Crippen LogP contribution in [0.5, 0.6) is 5.75 Å². The molecule has 112 valence electrons. The van der Waals surface area contributed by atoms with Gasteiger partial charge in [-0.25, -0.2) is 9.18 Å². The number of alkyl halides is 3. The van der Waals surface area contributed by atoms with Crippen LogP contribution in [0.4, 0.5) is 28.0 Å². The fourth-order valence-corrected chi connectivity index (χ4v) is 1.21. The van der Waals surface area contributed by atoms with Crippen LogP contribution < -0.4 is 10.1 Å². The Balaban J connectivity index is 2.76. The van der Waals surface area contributed by atoms with Gasteiger partial charge in [0.25, 0.3) is 0 Å². The number of anilines is 1. The molecule has 1 aromatic rings. The number of hydrogen-bond donors (Lipinski definition) is 1. The smallest absolute Gasteiger partial charge is 0.444 e. The third kappa shape index (κ3) is 5.77. The van der Waals surface area contributed by atoms with Gasteiger partial charge < -0.3 is 9.47 Å². The van der Waals surface area contributed by atoms with Crippen molar-refractivity contribution in [2.24, 2.45) is 0 Å². The van der Waals surface area contributed by atoms with E-state index in [1.807, 2.05) is 0 Å². The maximum atomic E-state index is 13.5. The van der Waals surface area contributed by atoms with Crippen LogP contribution in [0.1, 0.15) is 20.8 Å². The van der Waals surface area contributed by atoms with Crippen molar-refractivity contribution in [3.8, 4) is 5.75 Å². The molecule has 0 unspecified atom stereocenters. The summed E-state index contributed by atoms with van der Waals surface area (Å²) in [5.74, 6) is -1.79. The molecule has 0 aromatic heterocycles. The molecule has 0 saturated heterocycles. The molecule has 4 nitrogen and oxygen atoms in total. The zero-order valence-electron chi connectivity index (χ0n) is 11.0. The minimum absolute atomic E-state index is 0.311. The third-order valence-electron chi connectivity index (χ3n) is 1.81. The lowest BCUT2D eigenvalue weighted by Gasteiger charge is -2.20. The first-order valence-electron chi connectivity index (χ1n) is 5.51. The average Bonchev–Trinajstić information content (AvgIpc) is 2.17. The lowest BCUT2D eigenvalue weighted by atomic mass is 10.2. The van der Waals surface area contributed by atoms with Gasteiger partial charge in [-0.2, -0.15) is 0 Å². The van der Waals surface area contributed by atoms with Crippen LogP contribution in [-0.2, 0) is 4.74 Å². The van der Waals surface area contributed by atoms with Crippen LogP contribution >= 0.6 is 0 Å². The van der Waals surface area contributed by atoms with Crippen LogP contribution in [-0.4, -0.2) is 18.1 Å². The van der Waals surface area contributed by atoms with Gasteiger partial charge in [0.2, 0.25) is 0 Å². The highest BCUT2D eigenvalue weighted by Gasteiger charge is 2.31. The highest BCUT2D eigenvalue weighted by Crippen LogP contribution is 2.26. The number of halogens is 4. The van der Waals surface area contributed by atoms with Crippen molar-refractivity contribution in [2.75, 3.05) is 5.32 Å². The number of amides is 1. The first-order chi connectivity index (χ1) is 8.96.